The van der Waals surface area contributed by atoms with E-state index in [0.717, 1.165) is 0 Å². The number of anilines is 1. The van der Waals surface area contributed by atoms with Crippen LogP contribution in [0.3, 0.4) is 0 Å². The Hall–Kier alpha value is -1.82. The van der Waals surface area contributed by atoms with Crippen LogP contribution in [0.5, 0.6) is 0 Å². The van der Waals surface area contributed by atoms with E-state index >= 15 is 0 Å². The molecule has 0 aliphatic rings. The standard InChI is InChI=1S/C8H7N3/c1-2-6-3-7(4-9)8(10)11-5-6/h1,3-5,9H,(H2,10,11)/p+1. The SMILES string of the molecule is C#Cc1cnc(N)c(C=[NH2+])c1. The smallest absolute Gasteiger partial charge is 0.171 e. The molecule has 1 rings (SSSR count). The molecule has 4 N–H and O–H groups in total. The van der Waals surface area contributed by atoms with Crippen molar-refractivity contribution in [2.45, 2.75) is 0 Å². The van der Waals surface area contributed by atoms with Gasteiger partial charge in [-0.05, 0) is 6.07 Å². The van der Waals surface area contributed by atoms with Gasteiger partial charge in [0.05, 0.1) is 5.56 Å². The minimum absolute atomic E-state index is 0.395. The highest BCUT2D eigenvalue weighted by Gasteiger charge is 1.99. The van der Waals surface area contributed by atoms with E-state index in [9.17, 15) is 0 Å². The molecule has 0 aliphatic carbocycles. The number of pyridine rings is 1. The lowest BCUT2D eigenvalue weighted by molar-refractivity contribution is -0.104. The molecule has 0 bridgehead atoms. The first-order valence-electron chi connectivity index (χ1n) is 3.05. The van der Waals surface area contributed by atoms with Crippen LogP contribution in [0.1, 0.15) is 11.1 Å². The first-order chi connectivity index (χ1) is 5.27. The van der Waals surface area contributed by atoms with Gasteiger partial charge in [-0.15, -0.1) is 6.42 Å². The molecule has 54 valence electrons. The molecular formula is C8H8N3+. The van der Waals surface area contributed by atoms with E-state index in [4.69, 9.17) is 17.6 Å². The Kier molecular flexibility index (Phi) is 1.88. The zero-order chi connectivity index (χ0) is 8.27. The number of hydrogen-bond donors (Lipinski definition) is 2. The third-order valence-electron chi connectivity index (χ3n) is 1.30. The molecule has 0 atom stereocenters. The summed E-state index contributed by atoms with van der Waals surface area (Å²) < 4.78 is 0. The maximum atomic E-state index is 5.46. The number of nitrogens with two attached hydrogens (primary N) is 2. The number of nitrogen functional groups attached to an aromatic ring is 1. The Morgan fingerprint density at radius 3 is 3.00 bits per heavy atom. The van der Waals surface area contributed by atoms with Crippen molar-refractivity contribution in [3.05, 3.63) is 23.4 Å². The van der Waals surface area contributed by atoms with Crippen LogP contribution in [-0.4, -0.2) is 11.2 Å². The Labute approximate surface area is 64.8 Å². The molecule has 3 heteroatoms. The zero-order valence-electron chi connectivity index (χ0n) is 5.91. The zero-order valence-corrected chi connectivity index (χ0v) is 5.91. The molecule has 0 aliphatic heterocycles. The summed E-state index contributed by atoms with van der Waals surface area (Å²) in [6.45, 7) is 0. The lowest BCUT2D eigenvalue weighted by atomic mass is 10.2. The summed E-state index contributed by atoms with van der Waals surface area (Å²) in [4.78, 5) is 3.84. The Balaban J connectivity index is 3.25. The number of hydrogen-bond acceptors (Lipinski definition) is 2. The van der Waals surface area contributed by atoms with Crippen LogP contribution in [0.15, 0.2) is 12.3 Å². The van der Waals surface area contributed by atoms with Crippen molar-refractivity contribution in [3.63, 3.8) is 0 Å². The molecular weight excluding hydrogens is 138 g/mol. The molecule has 0 amide bonds. The van der Waals surface area contributed by atoms with Crippen LogP contribution >= 0.6 is 0 Å². The Morgan fingerprint density at radius 2 is 2.45 bits per heavy atom. The predicted octanol–water partition coefficient (Wildman–Crippen LogP) is -1.18. The van der Waals surface area contributed by atoms with Crippen molar-refractivity contribution >= 4 is 12.0 Å². The molecule has 11 heavy (non-hydrogen) atoms. The maximum absolute atomic E-state index is 5.46. The van der Waals surface area contributed by atoms with Crippen LogP contribution in [0.2, 0.25) is 0 Å². The molecule has 1 heterocycles. The van der Waals surface area contributed by atoms with Gasteiger partial charge in [-0.1, -0.05) is 5.92 Å². The number of rotatable bonds is 1. The van der Waals surface area contributed by atoms with E-state index in [2.05, 4.69) is 10.9 Å². The van der Waals surface area contributed by atoms with Crippen molar-refractivity contribution in [1.29, 1.82) is 0 Å². The van der Waals surface area contributed by atoms with E-state index in [1.807, 2.05) is 0 Å². The predicted molar refractivity (Wildman–Crippen MR) is 43.7 cm³/mol. The first-order valence-corrected chi connectivity index (χ1v) is 3.05. The van der Waals surface area contributed by atoms with Gasteiger partial charge >= 0.3 is 0 Å². The van der Waals surface area contributed by atoms with Crippen LogP contribution in [0, 0.1) is 12.3 Å². The third-order valence-corrected chi connectivity index (χ3v) is 1.30. The summed E-state index contributed by atoms with van der Waals surface area (Å²) in [7, 11) is 0. The minimum Gasteiger partial charge on any atom is -0.383 e. The summed E-state index contributed by atoms with van der Waals surface area (Å²) in [5, 5.41) is 5.26. The van der Waals surface area contributed by atoms with Crippen LogP contribution in [-0.2, 0) is 0 Å². The quantitative estimate of drug-likeness (QED) is 0.387. The molecule has 3 nitrogen and oxygen atoms in total. The highest BCUT2D eigenvalue weighted by Crippen LogP contribution is 2.05. The number of terminal acetylenes is 1. The van der Waals surface area contributed by atoms with Gasteiger partial charge in [-0.3, -0.25) is 5.41 Å². The van der Waals surface area contributed by atoms with Gasteiger partial charge < -0.3 is 5.73 Å². The van der Waals surface area contributed by atoms with Crippen molar-refractivity contribution in [2.75, 3.05) is 5.73 Å². The summed E-state index contributed by atoms with van der Waals surface area (Å²) in [6, 6.07) is 1.71. The summed E-state index contributed by atoms with van der Waals surface area (Å²) in [5.41, 5.74) is 6.81. The third kappa shape index (κ3) is 1.36. The lowest BCUT2D eigenvalue weighted by Gasteiger charge is -1.95. The summed E-state index contributed by atoms with van der Waals surface area (Å²) in [6.07, 6.45) is 8.05. The van der Waals surface area contributed by atoms with E-state index in [-0.39, 0.29) is 0 Å². The van der Waals surface area contributed by atoms with E-state index in [1.165, 1.54) is 12.4 Å². The Morgan fingerprint density at radius 1 is 1.73 bits per heavy atom. The molecule has 0 spiro atoms. The first kappa shape index (κ1) is 7.29. The topological polar surface area (TPSA) is 64.5 Å². The maximum Gasteiger partial charge on any atom is 0.171 e. The monoisotopic (exact) mass is 146 g/mol. The fraction of sp³-hybridized carbons (Fsp3) is 0. The lowest BCUT2D eigenvalue weighted by Crippen LogP contribution is -2.30. The van der Waals surface area contributed by atoms with E-state index < -0.39 is 0 Å². The second kappa shape index (κ2) is 2.84. The van der Waals surface area contributed by atoms with E-state index in [1.54, 1.807) is 6.07 Å². The van der Waals surface area contributed by atoms with Crippen molar-refractivity contribution in [3.8, 4) is 12.3 Å². The van der Waals surface area contributed by atoms with E-state index in [0.29, 0.717) is 16.9 Å². The van der Waals surface area contributed by atoms with Crippen LogP contribution in [0.25, 0.3) is 0 Å². The van der Waals surface area contributed by atoms with Gasteiger partial charge in [0.15, 0.2) is 6.21 Å². The Bertz CT molecular complexity index is 323. The molecule has 1 aromatic heterocycles. The van der Waals surface area contributed by atoms with Gasteiger partial charge in [0.1, 0.15) is 5.82 Å². The molecule has 1 aromatic rings. The van der Waals surface area contributed by atoms with Crippen molar-refractivity contribution in [1.82, 2.24) is 4.98 Å². The van der Waals surface area contributed by atoms with Gasteiger partial charge in [0.2, 0.25) is 0 Å². The van der Waals surface area contributed by atoms with Gasteiger partial charge in [0.25, 0.3) is 0 Å². The summed E-state index contributed by atoms with van der Waals surface area (Å²) in [5.74, 6) is 2.83. The molecule has 0 unspecified atom stereocenters. The number of nitrogens with zero attached hydrogens (tertiary/aromatic N) is 1. The fourth-order valence-electron chi connectivity index (χ4n) is 0.705. The normalized spacial score (nSPS) is 8.64. The fourth-order valence-corrected chi connectivity index (χ4v) is 0.705. The number of aromatic nitrogens is 1. The second-order valence-electron chi connectivity index (χ2n) is 2.01. The average Bonchev–Trinajstić information content (AvgIpc) is 2.05. The molecule has 0 aromatic carbocycles. The van der Waals surface area contributed by atoms with Crippen molar-refractivity contribution in [2.24, 2.45) is 0 Å². The molecule has 0 saturated heterocycles. The van der Waals surface area contributed by atoms with Gasteiger partial charge in [-0.2, -0.15) is 0 Å². The molecule has 0 saturated carbocycles. The largest absolute Gasteiger partial charge is 0.383 e. The van der Waals surface area contributed by atoms with Crippen LogP contribution < -0.4 is 11.1 Å². The highest BCUT2D eigenvalue weighted by molar-refractivity contribution is 5.81. The van der Waals surface area contributed by atoms with Gasteiger partial charge in [0, 0.05) is 11.8 Å². The summed E-state index contributed by atoms with van der Waals surface area (Å²) >= 11 is 0. The second-order valence-corrected chi connectivity index (χ2v) is 2.01. The van der Waals surface area contributed by atoms with Crippen molar-refractivity contribution < 1.29 is 5.41 Å². The molecule has 0 fully saturated rings. The minimum atomic E-state index is 0.395. The highest BCUT2D eigenvalue weighted by atomic mass is 14.8. The van der Waals surface area contributed by atoms with Gasteiger partial charge in [-0.25, -0.2) is 4.98 Å². The molecule has 0 radical (unpaired) electrons. The van der Waals surface area contributed by atoms with Crippen LogP contribution in [0.4, 0.5) is 5.82 Å². The average molecular weight is 146 g/mol.